The Morgan fingerprint density at radius 1 is 1.47 bits per heavy atom. The van der Waals surface area contributed by atoms with Crippen molar-refractivity contribution in [2.75, 3.05) is 12.8 Å². The van der Waals surface area contributed by atoms with Crippen LogP contribution >= 0.6 is 0 Å². The summed E-state index contributed by atoms with van der Waals surface area (Å²) in [4.78, 5) is 0. The summed E-state index contributed by atoms with van der Waals surface area (Å²) in [6, 6.07) is 6.55. The van der Waals surface area contributed by atoms with Gasteiger partial charge in [0.2, 0.25) is 0 Å². The highest BCUT2D eigenvalue weighted by Crippen LogP contribution is 2.35. The van der Waals surface area contributed by atoms with Crippen molar-refractivity contribution in [1.82, 2.24) is 5.32 Å². The molecule has 0 radical (unpaired) electrons. The normalized spacial score (nSPS) is 22.5. The molecule has 17 heavy (non-hydrogen) atoms. The molecule has 1 fully saturated rings. The number of methoxy groups -OCH3 is 1. The van der Waals surface area contributed by atoms with Crippen molar-refractivity contribution in [2.24, 2.45) is 5.92 Å². The zero-order valence-corrected chi connectivity index (χ0v) is 10.7. The summed E-state index contributed by atoms with van der Waals surface area (Å²) >= 11 is 0. The van der Waals surface area contributed by atoms with Crippen LogP contribution in [0.4, 0.5) is 5.69 Å². The number of anilines is 1. The molecule has 0 heterocycles. The molecular formula is C14H22N2O. The van der Waals surface area contributed by atoms with E-state index in [0.717, 1.165) is 23.9 Å². The van der Waals surface area contributed by atoms with Crippen LogP contribution in [0.5, 0.6) is 5.75 Å². The molecule has 3 heteroatoms. The highest BCUT2D eigenvalue weighted by molar-refractivity contribution is 5.48. The molecule has 1 saturated carbocycles. The quantitative estimate of drug-likeness (QED) is 0.744. The first kappa shape index (κ1) is 12.2. The SMILES string of the molecule is CCCC1CC1NCc1ccc(N)cc1OC. The lowest BCUT2D eigenvalue weighted by Crippen LogP contribution is -2.18. The second-order valence-electron chi connectivity index (χ2n) is 4.84. The number of nitrogens with one attached hydrogen (secondary N) is 1. The number of benzene rings is 1. The van der Waals surface area contributed by atoms with E-state index in [1.54, 1.807) is 7.11 Å². The van der Waals surface area contributed by atoms with Gasteiger partial charge in [0.1, 0.15) is 5.75 Å². The number of nitrogen functional groups attached to an aromatic ring is 1. The molecule has 3 N–H and O–H groups in total. The fourth-order valence-electron chi connectivity index (χ4n) is 2.34. The van der Waals surface area contributed by atoms with Gasteiger partial charge in [0.15, 0.2) is 0 Å². The van der Waals surface area contributed by atoms with Gasteiger partial charge < -0.3 is 15.8 Å². The fraction of sp³-hybridized carbons (Fsp3) is 0.571. The van der Waals surface area contributed by atoms with Crippen molar-refractivity contribution in [2.45, 2.75) is 38.8 Å². The number of ether oxygens (including phenoxy) is 1. The Hall–Kier alpha value is -1.22. The Labute approximate surface area is 103 Å². The molecule has 1 aromatic carbocycles. The van der Waals surface area contributed by atoms with Gasteiger partial charge in [-0.05, 0) is 24.8 Å². The van der Waals surface area contributed by atoms with Crippen molar-refractivity contribution in [1.29, 1.82) is 0 Å². The minimum absolute atomic E-state index is 0.706. The van der Waals surface area contributed by atoms with Crippen LogP contribution in [0.3, 0.4) is 0 Å². The van der Waals surface area contributed by atoms with E-state index < -0.39 is 0 Å². The molecule has 3 nitrogen and oxygen atoms in total. The average Bonchev–Trinajstić information content (AvgIpc) is 3.06. The predicted molar refractivity (Wildman–Crippen MR) is 71.0 cm³/mol. The zero-order valence-electron chi connectivity index (χ0n) is 10.7. The van der Waals surface area contributed by atoms with Crippen molar-refractivity contribution < 1.29 is 4.74 Å². The zero-order chi connectivity index (χ0) is 12.3. The van der Waals surface area contributed by atoms with E-state index >= 15 is 0 Å². The molecule has 0 bridgehead atoms. The van der Waals surface area contributed by atoms with Crippen molar-refractivity contribution >= 4 is 5.69 Å². The lowest BCUT2D eigenvalue weighted by Gasteiger charge is -2.10. The van der Waals surface area contributed by atoms with Gasteiger partial charge in [-0.2, -0.15) is 0 Å². The van der Waals surface area contributed by atoms with E-state index in [1.807, 2.05) is 18.2 Å². The number of hydrogen-bond acceptors (Lipinski definition) is 3. The molecule has 0 amide bonds. The Balaban J connectivity index is 1.87. The predicted octanol–water partition coefficient (Wildman–Crippen LogP) is 2.56. The number of nitrogens with two attached hydrogens (primary N) is 1. The van der Waals surface area contributed by atoms with Crippen LogP contribution in [0.15, 0.2) is 18.2 Å². The Morgan fingerprint density at radius 2 is 2.29 bits per heavy atom. The Morgan fingerprint density at radius 3 is 3.00 bits per heavy atom. The largest absolute Gasteiger partial charge is 0.496 e. The topological polar surface area (TPSA) is 47.3 Å². The van der Waals surface area contributed by atoms with E-state index in [2.05, 4.69) is 12.2 Å². The third kappa shape index (κ3) is 3.13. The summed E-state index contributed by atoms with van der Waals surface area (Å²) in [5.74, 6) is 1.77. The first-order valence-corrected chi connectivity index (χ1v) is 6.40. The molecule has 1 aromatic rings. The highest BCUT2D eigenvalue weighted by atomic mass is 16.5. The van der Waals surface area contributed by atoms with Crippen molar-refractivity contribution in [3.8, 4) is 5.75 Å². The summed E-state index contributed by atoms with van der Waals surface area (Å²) in [6.45, 7) is 3.12. The van der Waals surface area contributed by atoms with Gasteiger partial charge in [0, 0.05) is 29.9 Å². The van der Waals surface area contributed by atoms with Gasteiger partial charge in [-0.1, -0.05) is 19.4 Å². The van der Waals surface area contributed by atoms with E-state index in [-0.39, 0.29) is 0 Å². The van der Waals surface area contributed by atoms with Crippen LogP contribution in [0.25, 0.3) is 0 Å². The van der Waals surface area contributed by atoms with Crippen molar-refractivity contribution in [3.05, 3.63) is 23.8 Å². The standard InChI is InChI=1S/C14H22N2O/c1-3-4-10-7-13(10)16-9-11-5-6-12(15)8-14(11)17-2/h5-6,8,10,13,16H,3-4,7,9,15H2,1-2H3. The third-order valence-corrected chi connectivity index (χ3v) is 3.45. The average molecular weight is 234 g/mol. The smallest absolute Gasteiger partial charge is 0.125 e. The Kier molecular flexibility index (Phi) is 3.89. The van der Waals surface area contributed by atoms with Gasteiger partial charge in [-0.3, -0.25) is 0 Å². The summed E-state index contributed by atoms with van der Waals surface area (Å²) in [5, 5.41) is 3.58. The van der Waals surface area contributed by atoms with Gasteiger partial charge in [-0.15, -0.1) is 0 Å². The van der Waals surface area contributed by atoms with Crippen LogP contribution in [-0.4, -0.2) is 13.2 Å². The van der Waals surface area contributed by atoms with Crippen LogP contribution in [0, 0.1) is 5.92 Å². The van der Waals surface area contributed by atoms with E-state index in [1.165, 1.54) is 24.8 Å². The van der Waals surface area contributed by atoms with Gasteiger partial charge in [0.25, 0.3) is 0 Å². The monoisotopic (exact) mass is 234 g/mol. The first-order chi connectivity index (χ1) is 8.24. The molecule has 1 aliphatic carbocycles. The van der Waals surface area contributed by atoms with Crippen LogP contribution in [0.1, 0.15) is 31.7 Å². The molecule has 0 aliphatic heterocycles. The maximum Gasteiger partial charge on any atom is 0.125 e. The van der Waals surface area contributed by atoms with Crippen molar-refractivity contribution in [3.63, 3.8) is 0 Å². The minimum atomic E-state index is 0.706. The van der Waals surface area contributed by atoms with Gasteiger partial charge in [0.05, 0.1) is 7.11 Å². The summed E-state index contributed by atoms with van der Waals surface area (Å²) in [7, 11) is 1.69. The van der Waals surface area contributed by atoms with E-state index in [0.29, 0.717) is 6.04 Å². The molecule has 1 aliphatic rings. The fourth-order valence-corrected chi connectivity index (χ4v) is 2.34. The molecule has 2 rings (SSSR count). The van der Waals surface area contributed by atoms with Crippen LogP contribution in [-0.2, 0) is 6.54 Å². The van der Waals surface area contributed by atoms with Crippen LogP contribution < -0.4 is 15.8 Å². The van der Waals surface area contributed by atoms with Crippen LogP contribution in [0.2, 0.25) is 0 Å². The Bertz CT molecular complexity index is 378. The number of rotatable bonds is 6. The number of hydrogen-bond donors (Lipinski definition) is 2. The molecule has 2 atom stereocenters. The van der Waals surface area contributed by atoms with E-state index in [9.17, 15) is 0 Å². The second-order valence-corrected chi connectivity index (χ2v) is 4.84. The summed E-state index contributed by atoms with van der Waals surface area (Å²) in [6.07, 6.45) is 3.95. The summed E-state index contributed by atoms with van der Waals surface area (Å²) in [5.41, 5.74) is 7.67. The van der Waals surface area contributed by atoms with Gasteiger partial charge >= 0.3 is 0 Å². The minimum Gasteiger partial charge on any atom is -0.496 e. The van der Waals surface area contributed by atoms with E-state index in [4.69, 9.17) is 10.5 Å². The molecule has 0 saturated heterocycles. The molecular weight excluding hydrogens is 212 g/mol. The molecule has 94 valence electrons. The molecule has 2 unspecified atom stereocenters. The maximum absolute atomic E-state index is 5.73. The first-order valence-electron chi connectivity index (χ1n) is 6.40. The molecule has 0 spiro atoms. The summed E-state index contributed by atoms with van der Waals surface area (Å²) < 4.78 is 5.33. The molecule has 0 aromatic heterocycles. The lowest BCUT2D eigenvalue weighted by atomic mass is 10.1. The van der Waals surface area contributed by atoms with Gasteiger partial charge in [-0.25, -0.2) is 0 Å². The third-order valence-electron chi connectivity index (χ3n) is 3.45. The highest BCUT2D eigenvalue weighted by Gasteiger charge is 2.35. The second kappa shape index (κ2) is 5.41. The lowest BCUT2D eigenvalue weighted by molar-refractivity contribution is 0.407. The maximum atomic E-state index is 5.73.